The van der Waals surface area contributed by atoms with Crippen molar-refractivity contribution < 1.29 is 5.21 Å². The van der Waals surface area contributed by atoms with E-state index in [1.54, 1.807) is 0 Å². The Balaban J connectivity index is 2.16. The molecule has 1 aliphatic rings. The van der Waals surface area contributed by atoms with E-state index in [1.807, 2.05) is 0 Å². The summed E-state index contributed by atoms with van der Waals surface area (Å²) in [7, 11) is 0. The van der Waals surface area contributed by atoms with E-state index in [-0.39, 0.29) is 0 Å². The summed E-state index contributed by atoms with van der Waals surface area (Å²) in [5, 5.41) is 11.4. The topological polar surface area (TPSA) is 61.8 Å². The van der Waals surface area contributed by atoms with Gasteiger partial charge < -0.3 is 15.8 Å². The van der Waals surface area contributed by atoms with Crippen LogP contribution < -0.4 is 5.73 Å². The first-order valence-corrected chi connectivity index (χ1v) is 5.45. The van der Waals surface area contributed by atoms with E-state index < -0.39 is 0 Å². The maximum atomic E-state index is 8.39. The standard InChI is InChI=1S/C10H21N3O/c1-2-3-9-4-6-13(8-9)7-5-10(11)12-14/h9,14H,2-8H2,1H3,(H2,11,12). The molecular formula is C10H21N3O. The maximum absolute atomic E-state index is 8.39. The molecule has 0 aliphatic carbocycles. The van der Waals surface area contributed by atoms with Crippen LogP contribution in [-0.2, 0) is 0 Å². The molecule has 1 atom stereocenters. The van der Waals surface area contributed by atoms with Gasteiger partial charge in [0, 0.05) is 19.5 Å². The van der Waals surface area contributed by atoms with Gasteiger partial charge in [0.15, 0.2) is 0 Å². The molecular weight excluding hydrogens is 178 g/mol. The van der Waals surface area contributed by atoms with Crippen molar-refractivity contribution in [3.63, 3.8) is 0 Å². The molecule has 0 aromatic carbocycles. The summed E-state index contributed by atoms with van der Waals surface area (Å²) in [6, 6.07) is 0. The van der Waals surface area contributed by atoms with Crippen molar-refractivity contribution in [3.05, 3.63) is 0 Å². The highest BCUT2D eigenvalue weighted by molar-refractivity contribution is 5.79. The largest absolute Gasteiger partial charge is 0.409 e. The van der Waals surface area contributed by atoms with Gasteiger partial charge in [0.2, 0.25) is 0 Å². The number of nitrogens with two attached hydrogens (primary N) is 1. The normalized spacial score (nSPS) is 24.4. The SMILES string of the molecule is CCCC1CCN(CCC(N)=NO)C1. The summed E-state index contributed by atoms with van der Waals surface area (Å²) < 4.78 is 0. The first kappa shape index (κ1) is 11.3. The zero-order valence-corrected chi connectivity index (χ0v) is 8.95. The van der Waals surface area contributed by atoms with E-state index in [1.165, 1.54) is 32.4 Å². The predicted octanol–water partition coefficient (Wildman–Crippen LogP) is 1.24. The third kappa shape index (κ3) is 3.54. The number of hydrogen-bond acceptors (Lipinski definition) is 3. The maximum Gasteiger partial charge on any atom is 0.140 e. The average molecular weight is 199 g/mol. The summed E-state index contributed by atoms with van der Waals surface area (Å²) in [4.78, 5) is 2.40. The zero-order valence-electron chi connectivity index (χ0n) is 8.95. The van der Waals surface area contributed by atoms with Gasteiger partial charge in [0.1, 0.15) is 5.84 Å². The first-order valence-electron chi connectivity index (χ1n) is 5.45. The highest BCUT2D eigenvalue weighted by atomic mass is 16.4. The van der Waals surface area contributed by atoms with Gasteiger partial charge in [-0.05, 0) is 25.3 Å². The Morgan fingerprint density at radius 2 is 2.43 bits per heavy atom. The highest BCUT2D eigenvalue weighted by Gasteiger charge is 2.21. The minimum Gasteiger partial charge on any atom is -0.409 e. The number of rotatable bonds is 5. The van der Waals surface area contributed by atoms with Crippen molar-refractivity contribution >= 4 is 5.84 Å². The summed E-state index contributed by atoms with van der Waals surface area (Å²) in [6.45, 7) is 5.52. The van der Waals surface area contributed by atoms with Crippen molar-refractivity contribution in [1.82, 2.24) is 4.90 Å². The van der Waals surface area contributed by atoms with Crippen molar-refractivity contribution in [2.24, 2.45) is 16.8 Å². The van der Waals surface area contributed by atoms with Gasteiger partial charge in [-0.2, -0.15) is 0 Å². The van der Waals surface area contributed by atoms with E-state index in [9.17, 15) is 0 Å². The van der Waals surface area contributed by atoms with Crippen molar-refractivity contribution in [3.8, 4) is 0 Å². The fourth-order valence-corrected chi connectivity index (χ4v) is 2.08. The number of amidine groups is 1. The molecule has 1 saturated heterocycles. The van der Waals surface area contributed by atoms with Gasteiger partial charge in [0.25, 0.3) is 0 Å². The van der Waals surface area contributed by atoms with Gasteiger partial charge >= 0.3 is 0 Å². The smallest absolute Gasteiger partial charge is 0.140 e. The quantitative estimate of drug-likeness (QED) is 0.303. The summed E-state index contributed by atoms with van der Waals surface area (Å²) in [5.74, 6) is 1.20. The lowest BCUT2D eigenvalue weighted by atomic mass is 10.0. The zero-order chi connectivity index (χ0) is 10.4. The van der Waals surface area contributed by atoms with Crippen LogP contribution in [0.5, 0.6) is 0 Å². The minimum atomic E-state index is 0.337. The van der Waals surface area contributed by atoms with Gasteiger partial charge in [-0.3, -0.25) is 0 Å². The van der Waals surface area contributed by atoms with Gasteiger partial charge in [-0.15, -0.1) is 0 Å². The van der Waals surface area contributed by atoms with Crippen molar-refractivity contribution in [2.75, 3.05) is 19.6 Å². The summed E-state index contributed by atoms with van der Waals surface area (Å²) in [6.07, 6.45) is 4.60. The molecule has 0 spiro atoms. The fourth-order valence-electron chi connectivity index (χ4n) is 2.08. The molecule has 82 valence electrons. The Morgan fingerprint density at radius 1 is 1.64 bits per heavy atom. The van der Waals surface area contributed by atoms with E-state index in [4.69, 9.17) is 10.9 Å². The summed E-state index contributed by atoms with van der Waals surface area (Å²) in [5.41, 5.74) is 5.42. The molecule has 4 heteroatoms. The van der Waals surface area contributed by atoms with Crippen LogP contribution in [0.1, 0.15) is 32.6 Å². The number of hydrogen-bond donors (Lipinski definition) is 2. The predicted molar refractivity (Wildman–Crippen MR) is 57.5 cm³/mol. The van der Waals surface area contributed by atoms with Crippen LogP contribution in [0, 0.1) is 5.92 Å². The van der Waals surface area contributed by atoms with Crippen molar-refractivity contribution in [2.45, 2.75) is 32.6 Å². The molecule has 1 aliphatic heterocycles. The molecule has 1 fully saturated rings. The van der Waals surface area contributed by atoms with E-state index in [2.05, 4.69) is 17.0 Å². The van der Waals surface area contributed by atoms with Gasteiger partial charge in [-0.1, -0.05) is 18.5 Å². The molecule has 0 aromatic heterocycles. The lowest BCUT2D eigenvalue weighted by molar-refractivity contribution is 0.308. The Labute approximate surface area is 85.8 Å². The van der Waals surface area contributed by atoms with Crippen LogP contribution >= 0.6 is 0 Å². The van der Waals surface area contributed by atoms with Gasteiger partial charge in [0.05, 0.1) is 0 Å². The van der Waals surface area contributed by atoms with E-state index in [0.717, 1.165) is 12.5 Å². The highest BCUT2D eigenvalue weighted by Crippen LogP contribution is 2.20. The first-order chi connectivity index (χ1) is 6.76. The molecule has 0 saturated carbocycles. The van der Waals surface area contributed by atoms with Crippen LogP contribution in [0.2, 0.25) is 0 Å². The lowest BCUT2D eigenvalue weighted by Gasteiger charge is -2.14. The molecule has 0 bridgehead atoms. The minimum absolute atomic E-state index is 0.337. The second kappa shape index (κ2) is 5.86. The second-order valence-electron chi connectivity index (χ2n) is 4.09. The average Bonchev–Trinajstić information content (AvgIpc) is 2.63. The van der Waals surface area contributed by atoms with Crippen LogP contribution in [0.4, 0.5) is 0 Å². The number of oxime groups is 1. The molecule has 1 rings (SSSR count). The third-order valence-corrected chi connectivity index (χ3v) is 2.88. The molecule has 0 aromatic rings. The molecule has 0 radical (unpaired) electrons. The van der Waals surface area contributed by atoms with E-state index >= 15 is 0 Å². The number of likely N-dealkylation sites (tertiary alicyclic amines) is 1. The lowest BCUT2D eigenvalue weighted by Crippen LogP contribution is -2.26. The molecule has 1 unspecified atom stereocenters. The fraction of sp³-hybridized carbons (Fsp3) is 0.900. The molecule has 0 amide bonds. The monoisotopic (exact) mass is 199 g/mol. The Hall–Kier alpha value is -0.770. The second-order valence-corrected chi connectivity index (χ2v) is 4.09. The van der Waals surface area contributed by atoms with E-state index in [0.29, 0.717) is 12.3 Å². The molecule has 4 nitrogen and oxygen atoms in total. The van der Waals surface area contributed by atoms with Crippen LogP contribution in [-0.4, -0.2) is 35.6 Å². The Morgan fingerprint density at radius 3 is 3.07 bits per heavy atom. The molecule has 1 heterocycles. The van der Waals surface area contributed by atoms with Crippen molar-refractivity contribution in [1.29, 1.82) is 0 Å². The number of nitrogens with zero attached hydrogens (tertiary/aromatic N) is 2. The molecule has 3 N–H and O–H groups in total. The Bertz CT molecular complexity index is 194. The Kier molecular flexibility index (Phi) is 4.73. The summed E-state index contributed by atoms with van der Waals surface area (Å²) >= 11 is 0. The molecule has 14 heavy (non-hydrogen) atoms. The van der Waals surface area contributed by atoms with Gasteiger partial charge in [-0.25, -0.2) is 0 Å². The van der Waals surface area contributed by atoms with Crippen LogP contribution in [0.3, 0.4) is 0 Å². The third-order valence-electron chi connectivity index (χ3n) is 2.88. The van der Waals surface area contributed by atoms with Crippen LogP contribution in [0.15, 0.2) is 5.16 Å². The van der Waals surface area contributed by atoms with Crippen LogP contribution in [0.25, 0.3) is 0 Å².